The molecule has 0 unspecified atom stereocenters. The number of carbonyl (C=O) groups is 1. The molecule has 0 aliphatic carbocycles. The molecule has 2 rings (SSSR count). The number of benzene rings is 1. The van der Waals surface area contributed by atoms with Gasteiger partial charge in [-0.2, -0.15) is 0 Å². The zero-order valence-electron chi connectivity index (χ0n) is 12.2. The molecule has 110 valence electrons. The minimum Gasteiger partial charge on any atom is -0.346 e. The fraction of sp³-hybridized carbons (Fsp3) is 0.533. The van der Waals surface area contributed by atoms with Crippen LogP contribution in [0.5, 0.6) is 0 Å². The van der Waals surface area contributed by atoms with E-state index < -0.39 is 6.04 Å². The summed E-state index contributed by atoms with van der Waals surface area (Å²) in [6.07, 6.45) is -0.344. The Kier molecular flexibility index (Phi) is 4.42. The highest BCUT2D eigenvalue weighted by molar-refractivity contribution is 5.95. The first-order valence-corrected chi connectivity index (χ1v) is 6.77. The van der Waals surface area contributed by atoms with Crippen LogP contribution in [0.2, 0.25) is 0 Å². The van der Waals surface area contributed by atoms with Crippen molar-refractivity contribution in [3.05, 3.63) is 29.8 Å². The second-order valence-electron chi connectivity index (χ2n) is 6.03. The van der Waals surface area contributed by atoms with Gasteiger partial charge in [0, 0.05) is 11.3 Å². The molecule has 1 aromatic carbocycles. The van der Waals surface area contributed by atoms with Crippen LogP contribution in [0.1, 0.15) is 32.6 Å². The van der Waals surface area contributed by atoms with Gasteiger partial charge in [-0.1, -0.05) is 32.9 Å². The molecule has 1 saturated heterocycles. The number of nitrogens with two attached hydrogens (primary N) is 1. The normalized spacial score (nSPS) is 18.0. The van der Waals surface area contributed by atoms with Gasteiger partial charge < -0.3 is 20.5 Å². The lowest BCUT2D eigenvalue weighted by molar-refractivity contribution is -0.119. The van der Waals surface area contributed by atoms with Gasteiger partial charge in [-0.25, -0.2) is 0 Å². The van der Waals surface area contributed by atoms with Gasteiger partial charge >= 0.3 is 0 Å². The molecule has 0 bridgehead atoms. The van der Waals surface area contributed by atoms with Gasteiger partial charge in [0.25, 0.3) is 0 Å². The minimum absolute atomic E-state index is 0.192. The number of rotatable bonds is 3. The number of nitrogens with one attached hydrogen (secondary N) is 1. The zero-order valence-corrected chi connectivity index (χ0v) is 12.2. The van der Waals surface area contributed by atoms with Crippen LogP contribution in [0.3, 0.4) is 0 Å². The highest BCUT2D eigenvalue weighted by Gasteiger charge is 2.27. The van der Waals surface area contributed by atoms with Crippen molar-refractivity contribution in [2.75, 3.05) is 18.5 Å². The van der Waals surface area contributed by atoms with Gasteiger partial charge in [0.15, 0.2) is 6.29 Å². The molecule has 0 spiro atoms. The van der Waals surface area contributed by atoms with Crippen molar-refractivity contribution in [2.24, 2.45) is 11.1 Å². The van der Waals surface area contributed by atoms with E-state index in [-0.39, 0.29) is 17.6 Å². The lowest BCUT2D eigenvalue weighted by atomic mass is 9.87. The average Bonchev–Trinajstić information content (AvgIpc) is 2.91. The molecule has 0 radical (unpaired) electrons. The van der Waals surface area contributed by atoms with E-state index in [9.17, 15) is 4.79 Å². The van der Waals surface area contributed by atoms with Crippen LogP contribution in [0, 0.1) is 5.41 Å². The molecule has 1 amide bonds. The molecular weight excluding hydrogens is 256 g/mol. The summed E-state index contributed by atoms with van der Waals surface area (Å²) in [6, 6.07) is 6.88. The summed E-state index contributed by atoms with van der Waals surface area (Å²) in [6.45, 7) is 7.00. The molecule has 1 fully saturated rings. The third-order valence-corrected chi connectivity index (χ3v) is 3.26. The van der Waals surface area contributed by atoms with Crippen LogP contribution in [0.15, 0.2) is 24.3 Å². The van der Waals surface area contributed by atoms with E-state index in [2.05, 4.69) is 5.32 Å². The van der Waals surface area contributed by atoms with E-state index in [0.29, 0.717) is 18.9 Å². The second kappa shape index (κ2) is 5.91. The molecule has 1 aromatic rings. The summed E-state index contributed by atoms with van der Waals surface area (Å²) in [7, 11) is 0. The first-order valence-electron chi connectivity index (χ1n) is 6.77. The second-order valence-corrected chi connectivity index (χ2v) is 6.03. The van der Waals surface area contributed by atoms with Gasteiger partial charge in [0.05, 0.1) is 19.3 Å². The van der Waals surface area contributed by atoms with E-state index in [4.69, 9.17) is 15.2 Å². The van der Waals surface area contributed by atoms with Crippen LogP contribution in [0.25, 0.3) is 0 Å². The predicted octanol–water partition coefficient (Wildman–Crippen LogP) is 2.04. The fourth-order valence-corrected chi connectivity index (χ4v) is 1.93. The number of amides is 1. The van der Waals surface area contributed by atoms with Crippen LogP contribution >= 0.6 is 0 Å². The summed E-state index contributed by atoms with van der Waals surface area (Å²) in [5, 5.41) is 2.84. The SMILES string of the molecule is CC(C)(C)[C@H](N)C(=O)Nc1cccc(C2OCCO2)c1. The van der Waals surface area contributed by atoms with Crippen molar-refractivity contribution >= 4 is 11.6 Å². The number of hydrogen-bond donors (Lipinski definition) is 2. The van der Waals surface area contributed by atoms with E-state index in [1.54, 1.807) is 0 Å². The van der Waals surface area contributed by atoms with Crippen molar-refractivity contribution in [3.8, 4) is 0 Å². The maximum absolute atomic E-state index is 12.1. The third-order valence-electron chi connectivity index (χ3n) is 3.26. The number of hydrogen-bond acceptors (Lipinski definition) is 4. The number of anilines is 1. The smallest absolute Gasteiger partial charge is 0.241 e. The molecule has 0 saturated carbocycles. The molecule has 1 atom stereocenters. The fourth-order valence-electron chi connectivity index (χ4n) is 1.93. The van der Waals surface area contributed by atoms with Crippen LogP contribution in [0.4, 0.5) is 5.69 Å². The summed E-state index contributed by atoms with van der Waals surface area (Å²) in [4.78, 5) is 12.1. The topological polar surface area (TPSA) is 73.6 Å². The van der Waals surface area contributed by atoms with E-state index >= 15 is 0 Å². The van der Waals surface area contributed by atoms with E-state index in [1.807, 2.05) is 45.0 Å². The maximum atomic E-state index is 12.1. The maximum Gasteiger partial charge on any atom is 0.241 e. The van der Waals surface area contributed by atoms with Crippen LogP contribution in [-0.2, 0) is 14.3 Å². The summed E-state index contributed by atoms with van der Waals surface area (Å²) in [5.41, 5.74) is 7.26. The average molecular weight is 278 g/mol. The van der Waals surface area contributed by atoms with Gasteiger partial charge in [-0.3, -0.25) is 4.79 Å². The van der Waals surface area contributed by atoms with Gasteiger partial charge in [-0.15, -0.1) is 0 Å². The Morgan fingerprint density at radius 1 is 1.35 bits per heavy atom. The Morgan fingerprint density at radius 3 is 2.60 bits per heavy atom. The molecule has 5 nitrogen and oxygen atoms in total. The van der Waals surface area contributed by atoms with Crippen LogP contribution < -0.4 is 11.1 Å². The number of ether oxygens (including phenoxy) is 2. The lowest BCUT2D eigenvalue weighted by Gasteiger charge is -2.26. The summed E-state index contributed by atoms with van der Waals surface area (Å²) < 4.78 is 10.9. The Labute approximate surface area is 119 Å². The predicted molar refractivity (Wildman–Crippen MR) is 77.1 cm³/mol. The molecule has 1 aliphatic heterocycles. The van der Waals surface area contributed by atoms with E-state index in [1.165, 1.54) is 0 Å². The molecular formula is C15H22N2O3. The largest absolute Gasteiger partial charge is 0.346 e. The Bertz CT molecular complexity index is 476. The van der Waals surface area contributed by atoms with Crippen molar-refractivity contribution in [1.29, 1.82) is 0 Å². The minimum atomic E-state index is -0.565. The Hall–Kier alpha value is -1.43. The Balaban J connectivity index is 2.06. The molecule has 3 N–H and O–H groups in total. The number of carbonyl (C=O) groups excluding carboxylic acids is 1. The van der Waals surface area contributed by atoms with E-state index in [0.717, 1.165) is 5.56 Å². The van der Waals surface area contributed by atoms with Gasteiger partial charge in [0.2, 0.25) is 5.91 Å². The first-order chi connectivity index (χ1) is 9.38. The van der Waals surface area contributed by atoms with Gasteiger partial charge in [0.1, 0.15) is 0 Å². The van der Waals surface area contributed by atoms with Crippen molar-refractivity contribution < 1.29 is 14.3 Å². The summed E-state index contributed by atoms with van der Waals surface area (Å²) >= 11 is 0. The van der Waals surface area contributed by atoms with Crippen molar-refractivity contribution in [3.63, 3.8) is 0 Å². The van der Waals surface area contributed by atoms with Crippen molar-refractivity contribution in [2.45, 2.75) is 33.1 Å². The summed E-state index contributed by atoms with van der Waals surface area (Å²) in [5.74, 6) is -0.192. The van der Waals surface area contributed by atoms with Crippen molar-refractivity contribution in [1.82, 2.24) is 0 Å². The molecule has 0 aromatic heterocycles. The highest BCUT2D eigenvalue weighted by Crippen LogP contribution is 2.26. The molecule has 1 heterocycles. The Morgan fingerprint density at radius 2 is 2.00 bits per heavy atom. The first kappa shape index (κ1) is 15.0. The molecule has 1 aliphatic rings. The zero-order chi connectivity index (χ0) is 14.8. The lowest BCUT2D eigenvalue weighted by Crippen LogP contribution is -2.45. The third kappa shape index (κ3) is 3.56. The van der Waals surface area contributed by atoms with Gasteiger partial charge in [-0.05, 0) is 17.5 Å². The standard InChI is InChI=1S/C15H22N2O3/c1-15(2,3)12(16)13(18)17-11-6-4-5-10(9-11)14-19-7-8-20-14/h4-6,9,12,14H,7-8,16H2,1-3H3,(H,17,18)/t12-/m1/s1. The quantitative estimate of drug-likeness (QED) is 0.887. The molecule has 5 heteroatoms. The molecule has 20 heavy (non-hydrogen) atoms. The highest BCUT2D eigenvalue weighted by atomic mass is 16.7. The van der Waals surface area contributed by atoms with Crippen LogP contribution in [-0.4, -0.2) is 25.2 Å². The monoisotopic (exact) mass is 278 g/mol.